The predicted molar refractivity (Wildman–Crippen MR) is 105 cm³/mol. The van der Waals surface area contributed by atoms with Gasteiger partial charge in [0, 0.05) is 6.54 Å². The molecular weight excluding hydrogens is 360 g/mol. The van der Waals surface area contributed by atoms with Crippen LogP contribution in [-0.2, 0) is 11.3 Å². The van der Waals surface area contributed by atoms with Crippen LogP contribution in [0.15, 0.2) is 42.0 Å². The topological polar surface area (TPSA) is 89.8 Å². The van der Waals surface area contributed by atoms with Crippen molar-refractivity contribution in [2.75, 3.05) is 28.4 Å². The number of ether oxygens (including phenoxy) is 4. The molecule has 2 rings (SSSR count). The number of nitrogens with one attached hydrogen (secondary N) is 1. The summed E-state index contributed by atoms with van der Waals surface area (Å²) >= 11 is 0. The average Bonchev–Trinajstić information content (AvgIpc) is 2.75. The van der Waals surface area contributed by atoms with Gasteiger partial charge in [-0.25, -0.2) is 0 Å². The summed E-state index contributed by atoms with van der Waals surface area (Å²) in [6.07, 6.45) is 1.47. The lowest BCUT2D eigenvalue weighted by Gasteiger charge is -2.13. The molecule has 2 aromatic carbocycles. The van der Waals surface area contributed by atoms with Crippen molar-refractivity contribution in [2.24, 2.45) is 0 Å². The van der Waals surface area contributed by atoms with Gasteiger partial charge in [0.25, 0.3) is 5.91 Å². The molecule has 0 aliphatic carbocycles. The minimum absolute atomic E-state index is 0.0391. The second-order valence-electron chi connectivity index (χ2n) is 5.66. The maximum atomic E-state index is 12.4. The van der Waals surface area contributed by atoms with E-state index >= 15 is 0 Å². The van der Waals surface area contributed by atoms with Crippen LogP contribution in [0.2, 0.25) is 0 Å². The summed E-state index contributed by atoms with van der Waals surface area (Å²) in [5, 5.41) is 12.1. The van der Waals surface area contributed by atoms with Crippen molar-refractivity contribution in [1.29, 1.82) is 5.26 Å². The van der Waals surface area contributed by atoms with Crippen LogP contribution in [0.5, 0.6) is 23.0 Å². The number of methoxy groups -OCH3 is 4. The molecule has 0 spiro atoms. The molecule has 0 fully saturated rings. The summed E-state index contributed by atoms with van der Waals surface area (Å²) in [4.78, 5) is 12.4. The van der Waals surface area contributed by atoms with E-state index in [1.165, 1.54) is 27.4 Å². The number of carbonyl (C=O) groups excluding carboxylic acids is 1. The molecule has 0 heterocycles. The van der Waals surface area contributed by atoms with Crippen molar-refractivity contribution < 1.29 is 23.7 Å². The first-order valence-corrected chi connectivity index (χ1v) is 8.39. The fraction of sp³-hybridized carbons (Fsp3) is 0.238. The Morgan fingerprint density at radius 2 is 1.61 bits per heavy atom. The second kappa shape index (κ2) is 9.88. The summed E-state index contributed by atoms with van der Waals surface area (Å²) in [6.45, 7) is 0.289. The summed E-state index contributed by atoms with van der Waals surface area (Å²) in [7, 11) is 6.09. The van der Waals surface area contributed by atoms with Gasteiger partial charge in [0.2, 0.25) is 5.75 Å². The zero-order valence-electron chi connectivity index (χ0n) is 16.2. The van der Waals surface area contributed by atoms with Crippen molar-refractivity contribution in [3.8, 4) is 29.1 Å². The first kappa shape index (κ1) is 20.6. The first-order valence-electron chi connectivity index (χ1n) is 8.39. The average molecular weight is 382 g/mol. The molecule has 0 aromatic heterocycles. The molecule has 0 atom stereocenters. The third-order valence-electron chi connectivity index (χ3n) is 3.98. The van der Waals surface area contributed by atoms with Crippen LogP contribution in [0.4, 0.5) is 0 Å². The molecule has 0 saturated heterocycles. The predicted octanol–water partition coefficient (Wildman–Crippen LogP) is 2.94. The standard InChI is InChI=1S/C21H22N2O5/c1-25-17-7-5-14(6-8-17)13-23-21(24)16(12-22)9-15-10-18(26-2)20(28-4)19(11-15)27-3/h5-11H,13H2,1-4H3,(H,23,24)/b16-9-. The third-order valence-corrected chi connectivity index (χ3v) is 3.98. The highest BCUT2D eigenvalue weighted by Crippen LogP contribution is 2.38. The molecule has 7 heteroatoms. The Labute approximate surface area is 164 Å². The maximum Gasteiger partial charge on any atom is 0.262 e. The van der Waals surface area contributed by atoms with Gasteiger partial charge in [-0.05, 0) is 41.5 Å². The largest absolute Gasteiger partial charge is 0.497 e. The maximum absolute atomic E-state index is 12.4. The number of benzene rings is 2. The third kappa shape index (κ3) is 4.95. The Balaban J connectivity index is 2.20. The van der Waals surface area contributed by atoms with Gasteiger partial charge in [-0.2, -0.15) is 5.26 Å². The number of hydrogen-bond donors (Lipinski definition) is 1. The van der Waals surface area contributed by atoms with Crippen LogP contribution < -0.4 is 24.3 Å². The molecular formula is C21H22N2O5. The van der Waals surface area contributed by atoms with Crippen LogP contribution in [0.3, 0.4) is 0 Å². The van der Waals surface area contributed by atoms with E-state index in [2.05, 4.69) is 5.32 Å². The van der Waals surface area contributed by atoms with Gasteiger partial charge in [0.15, 0.2) is 11.5 Å². The molecule has 0 radical (unpaired) electrons. The van der Waals surface area contributed by atoms with Crippen LogP contribution in [0.25, 0.3) is 6.08 Å². The smallest absolute Gasteiger partial charge is 0.262 e. The molecule has 0 aliphatic rings. The lowest BCUT2D eigenvalue weighted by Crippen LogP contribution is -2.23. The minimum Gasteiger partial charge on any atom is -0.497 e. The monoisotopic (exact) mass is 382 g/mol. The van der Waals surface area contributed by atoms with E-state index in [1.807, 2.05) is 18.2 Å². The number of nitriles is 1. The molecule has 0 bridgehead atoms. The number of amides is 1. The molecule has 7 nitrogen and oxygen atoms in total. The molecule has 28 heavy (non-hydrogen) atoms. The van der Waals surface area contributed by atoms with Crippen molar-refractivity contribution in [1.82, 2.24) is 5.32 Å². The number of carbonyl (C=O) groups is 1. The molecule has 0 unspecified atom stereocenters. The van der Waals surface area contributed by atoms with Gasteiger partial charge in [0.1, 0.15) is 17.4 Å². The lowest BCUT2D eigenvalue weighted by atomic mass is 10.1. The fourth-order valence-electron chi connectivity index (χ4n) is 2.52. The van der Waals surface area contributed by atoms with Crippen molar-refractivity contribution in [3.05, 3.63) is 53.1 Å². The van der Waals surface area contributed by atoms with Gasteiger partial charge < -0.3 is 24.3 Å². The second-order valence-corrected chi connectivity index (χ2v) is 5.66. The minimum atomic E-state index is -0.480. The first-order chi connectivity index (χ1) is 13.6. The van der Waals surface area contributed by atoms with Crippen molar-refractivity contribution in [2.45, 2.75) is 6.54 Å². The summed E-state index contributed by atoms with van der Waals surface area (Å²) < 4.78 is 21.0. The van der Waals surface area contributed by atoms with Crippen LogP contribution in [0, 0.1) is 11.3 Å². The van der Waals surface area contributed by atoms with E-state index in [0.717, 1.165) is 11.3 Å². The van der Waals surface area contributed by atoms with Gasteiger partial charge in [-0.15, -0.1) is 0 Å². The summed E-state index contributed by atoms with van der Waals surface area (Å²) in [6, 6.07) is 12.5. The quantitative estimate of drug-likeness (QED) is 0.558. The van der Waals surface area contributed by atoms with Gasteiger partial charge in [0.05, 0.1) is 28.4 Å². The van der Waals surface area contributed by atoms with Crippen LogP contribution in [0.1, 0.15) is 11.1 Å². The molecule has 0 saturated carbocycles. The Morgan fingerprint density at radius 3 is 2.07 bits per heavy atom. The van der Waals surface area contributed by atoms with Gasteiger partial charge in [-0.1, -0.05) is 12.1 Å². The Kier molecular flexibility index (Phi) is 7.28. The lowest BCUT2D eigenvalue weighted by molar-refractivity contribution is -0.117. The summed E-state index contributed by atoms with van der Waals surface area (Å²) in [5.41, 5.74) is 1.42. The Morgan fingerprint density at radius 1 is 1.00 bits per heavy atom. The fourth-order valence-corrected chi connectivity index (χ4v) is 2.52. The Hall–Kier alpha value is -3.66. The van der Waals surface area contributed by atoms with E-state index in [4.69, 9.17) is 18.9 Å². The van der Waals surface area contributed by atoms with Crippen LogP contribution in [-0.4, -0.2) is 34.3 Å². The highest BCUT2D eigenvalue weighted by atomic mass is 16.5. The molecule has 0 aliphatic heterocycles. The van der Waals surface area contributed by atoms with Crippen LogP contribution >= 0.6 is 0 Å². The highest BCUT2D eigenvalue weighted by molar-refractivity contribution is 6.01. The number of nitrogens with zero attached hydrogens (tertiary/aromatic N) is 1. The van der Waals surface area contributed by atoms with E-state index in [1.54, 1.807) is 31.4 Å². The van der Waals surface area contributed by atoms with Crippen molar-refractivity contribution >= 4 is 12.0 Å². The SMILES string of the molecule is COc1ccc(CNC(=O)/C(C#N)=C\c2cc(OC)c(OC)c(OC)c2)cc1. The van der Waals surface area contributed by atoms with E-state index < -0.39 is 5.91 Å². The number of hydrogen-bond acceptors (Lipinski definition) is 6. The molecule has 1 N–H and O–H groups in total. The van der Waals surface area contributed by atoms with Gasteiger partial charge >= 0.3 is 0 Å². The molecule has 1 amide bonds. The Bertz CT molecular complexity index is 873. The van der Waals surface area contributed by atoms with E-state index in [-0.39, 0.29) is 12.1 Å². The summed E-state index contributed by atoms with van der Waals surface area (Å²) in [5.74, 6) is 1.56. The van der Waals surface area contributed by atoms with E-state index in [9.17, 15) is 10.1 Å². The zero-order chi connectivity index (χ0) is 20.5. The highest BCUT2D eigenvalue weighted by Gasteiger charge is 2.14. The van der Waals surface area contributed by atoms with E-state index in [0.29, 0.717) is 22.8 Å². The molecule has 146 valence electrons. The molecule has 2 aromatic rings. The normalized spacial score (nSPS) is 10.6. The zero-order valence-corrected chi connectivity index (χ0v) is 16.2. The van der Waals surface area contributed by atoms with Gasteiger partial charge in [-0.3, -0.25) is 4.79 Å². The van der Waals surface area contributed by atoms with Crippen molar-refractivity contribution in [3.63, 3.8) is 0 Å². The number of rotatable bonds is 8.